The van der Waals surface area contributed by atoms with Gasteiger partial charge in [-0.25, -0.2) is 14.8 Å². The number of aryl methyl sites for hydroxylation is 1. The summed E-state index contributed by atoms with van der Waals surface area (Å²) in [5.74, 6) is 0.100. The fraction of sp³-hybridized carbons (Fsp3) is 0.300. The van der Waals surface area contributed by atoms with Crippen LogP contribution in [-0.2, 0) is 4.74 Å². The summed E-state index contributed by atoms with van der Waals surface area (Å²) in [6.45, 7) is 3.82. The molecule has 0 aliphatic heterocycles. The molecule has 0 fully saturated rings. The van der Waals surface area contributed by atoms with Crippen LogP contribution in [0.4, 0.5) is 0 Å². The Morgan fingerprint density at radius 2 is 2.31 bits per heavy atom. The predicted octanol–water partition coefficient (Wildman–Crippen LogP) is 2.21. The fourth-order valence-corrected chi connectivity index (χ4v) is 1.94. The number of nitrogens with one attached hydrogen (secondary N) is 1. The van der Waals surface area contributed by atoms with Gasteiger partial charge in [-0.1, -0.05) is 0 Å². The van der Waals surface area contributed by atoms with Crippen molar-refractivity contribution in [2.24, 2.45) is 0 Å². The van der Waals surface area contributed by atoms with Crippen molar-refractivity contribution >= 4 is 32.9 Å². The predicted molar refractivity (Wildman–Crippen MR) is 62.3 cm³/mol. The number of hydrogen-bond acceptors (Lipinski definition) is 4. The fourth-order valence-electron chi connectivity index (χ4n) is 1.45. The van der Waals surface area contributed by atoms with Crippen molar-refractivity contribution < 1.29 is 9.53 Å². The molecule has 0 aromatic carbocycles. The first-order valence-electron chi connectivity index (χ1n) is 4.81. The number of halogens is 1. The van der Waals surface area contributed by atoms with Gasteiger partial charge in [-0.2, -0.15) is 0 Å². The summed E-state index contributed by atoms with van der Waals surface area (Å²) in [5.41, 5.74) is 0.917. The molecule has 2 aromatic rings. The van der Waals surface area contributed by atoms with E-state index in [-0.39, 0.29) is 5.69 Å². The smallest absolute Gasteiger partial charge is 0.357 e. The van der Waals surface area contributed by atoms with Gasteiger partial charge in [0.1, 0.15) is 11.5 Å². The second kappa shape index (κ2) is 4.21. The quantitative estimate of drug-likeness (QED) is 0.858. The first-order chi connectivity index (χ1) is 7.63. The molecule has 0 atom stereocenters. The van der Waals surface area contributed by atoms with Gasteiger partial charge in [-0.3, -0.25) is 0 Å². The average Bonchev–Trinajstić information content (AvgIpc) is 2.59. The minimum Gasteiger partial charge on any atom is -0.461 e. The molecule has 6 heteroatoms. The van der Waals surface area contributed by atoms with E-state index in [4.69, 9.17) is 4.74 Å². The van der Waals surface area contributed by atoms with Crippen LogP contribution < -0.4 is 0 Å². The van der Waals surface area contributed by atoms with E-state index in [0.29, 0.717) is 23.5 Å². The van der Waals surface area contributed by atoms with Crippen LogP contribution in [0, 0.1) is 6.92 Å². The highest BCUT2D eigenvalue weighted by molar-refractivity contribution is 9.10. The second-order valence-corrected chi connectivity index (χ2v) is 4.05. The van der Waals surface area contributed by atoms with Gasteiger partial charge >= 0.3 is 5.97 Å². The summed E-state index contributed by atoms with van der Waals surface area (Å²) in [6.07, 6.45) is 1.72. The normalized spacial score (nSPS) is 10.7. The van der Waals surface area contributed by atoms with Crippen LogP contribution in [-0.4, -0.2) is 27.5 Å². The maximum atomic E-state index is 11.7. The third-order valence-electron chi connectivity index (χ3n) is 2.06. The minimum absolute atomic E-state index is 0.289. The Morgan fingerprint density at radius 3 is 3.00 bits per heavy atom. The largest absolute Gasteiger partial charge is 0.461 e. The lowest BCUT2D eigenvalue weighted by molar-refractivity contribution is 0.0521. The first kappa shape index (κ1) is 11.1. The molecule has 1 N–H and O–H groups in total. The maximum Gasteiger partial charge on any atom is 0.357 e. The number of hydrogen-bond donors (Lipinski definition) is 1. The lowest BCUT2D eigenvalue weighted by Crippen LogP contribution is -2.09. The number of rotatable bonds is 2. The lowest BCUT2D eigenvalue weighted by atomic mass is 10.3. The van der Waals surface area contributed by atoms with Gasteiger partial charge in [0.05, 0.1) is 12.0 Å². The van der Waals surface area contributed by atoms with E-state index in [1.54, 1.807) is 20.0 Å². The third-order valence-corrected chi connectivity index (χ3v) is 2.69. The summed E-state index contributed by atoms with van der Waals surface area (Å²) in [4.78, 5) is 23.0. The number of aromatic nitrogens is 3. The van der Waals surface area contributed by atoms with Gasteiger partial charge < -0.3 is 9.72 Å². The average molecular weight is 284 g/mol. The Morgan fingerprint density at radius 1 is 1.56 bits per heavy atom. The summed E-state index contributed by atoms with van der Waals surface area (Å²) in [5, 5.41) is 0.657. The highest BCUT2D eigenvalue weighted by Gasteiger charge is 2.18. The van der Waals surface area contributed by atoms with E-state index < -0.39 is 5.97 Å². The highest BCUT2D eigenvalue weighted by Crippen LogP contribution is 2.25. The van der Waals surface area contributed by atoms with E-state index in [1.165, 1.54) is 0 Å². The van der Waals surface area contributed by atoms with E-state index in [9.17, 15) is 4.79 Å². The van der Waals surface area contributed by atoms with Crippen LogP contribution in [0.1, 0.15) is 23.2 Å². The molecule has 0 unspecified atom stereocenters. The molecule has 0 radical (unpaired) electrons. The Hall–Kier alpha value is -1.43. The summed E-state index contributed by atoms with van der Waals surface area (Å²) in [6, 6.07) is 0. The number of nitrogens with zero attached hydrogens (tertiary/aromatic N) is 2. The zero-order valence-electron chi connectivity index (χ0n) is 8.87. The molecular weight excluding hydrogens is 274 g/mol. The number of carbonyl (C=O) groups is 1. The van der Waals surface area contributed by atoms with Crippen LogP contribution in [0.3, 0.4) is 0 Å². The molecule has 0 aliphatic rings. The number of carbonyl (C=O) groups excluding carboxylic acids is 1. The van der Waals surface area contributed by atoms with Crippen molar-refractivity contribution in [1.82, 2.24) is 15.0 Å². The van der Waals surface area contributed by atoms with E-state index in [1.807, 2.05) is 0 Å². The van der Waals surface area contributed by atoms with E-state index >= 15 is 0 Å². The number of aromatic amines is 1. The number of ether oxygens (including phenoxy) is 1. The zero-order valence-corrected chi connectivity index (χ0v) is 10.5. The second-order valence-electron chi connectivity index (χ2n) is 3.20. The molecular formula is C10H10BrN3O2. The Bertz CT molecular complexity index is 550. The van der Waals surface area contributed by atoms with Crippen LogP contribution in [0.15, 0.2) is 10.7 Å². The monoisotopic (exact) mass is 283 g/mol. The molecule has 0 spiro atoms. The summed E-state index contributed by atoms with van der Waals surface area (Å²) >= 11 is 3.34. The molecule has 2 heterocycles. The van der Waals surface area contributed by atoms with Gasteiger partial charge in [0, 0.05) is 10.7 Å². The van der Waals surface area contributed by atoms with Crippen LogP contribution in [0.25, 0.3) is 11.0 Å². The molecule has 16 heavy (non-hydrogen) atoms. The van der Waals surface area contributed by atoms with Gasteiger partial charge in [0.2, 0.25) is 0 Å². The standard InChI is InChI=1S/C10H10BrN3O2/c1-3-16-10(15)8-7-6(11)4-12-9(7)14-5(2)13-8/h4H,3H2,1-2H3,(H,12,13,14). The SMILES string of the molecule is CCOC(=O)c1nc(C)nc2[nH]cc(Br)c12. The number of fused-ring (bicyclic) bond motifs is 1. The minimum atomic E-state index is -0.432. The third kappa shape index (κ3) is 1.80. The molecule has 0 aliphatic carbocycles. The molecule has 2 rings (SSSR count). The van der Waals surface area contributed by atoms with Crippen LogP contribution in [0.5, 0.6) is 0 Å². The molecule has 0 saturated heterocycles. The topological polar surface area (TPSA) is 67.9 Å². The number of esters is 1. The van der Waals surface area contributed by atoms with Crippen molar-refractivity contribution in [3.05, 3.63) is 22.2 Å². The molecule has 0 saturated carbocycles. The molecule has 5 nitrogen and oxygen atoms in total. The Kier molecular flexibility index (Phi) is 2.91. The molecule has 2 aromatic heterocycles. The summed E-state index contributed by atoms with van der Waals surface area (Å²) in [7, 11) is 0. The Labute approximate surface area is 100 Å². The van der Waals surface area contributed by atoms with Crippen molar-refractivity contribution in [3.8, 4) is 0 Å². The molecule has 0 amide bonds. The lowest BCUT2D eigenvalue weighted by Gasteiger charge is -2.03. The van der Waals surface area contributed by atoms with Crippen LogP contribution in [0.2, 0.25) is 0 Å². The van der Waals surface area contributed by atoms with Gasteiger partial charge in [-0.15, -0.1) is 0 Å². The van der Waals surface area contributed by atoms with Crippen molar-refractivity contribution in [1.29, 1.82) is 0 Å². The Balaban J connectivity index is 2.66. The summed E-state index contributed by atoms with van der Waals surface area (Å²) < 4.78 is 5.71. The van der Waals surface area contributed by atoms with Crippen LogP contribution >= 0.6 is 15.9 Å². The van der Waals surface area contributed by atoms with Gasteiger partial charge in [-0.05, 0) is 29.8 Å². The molecule has 84 valence electrons. The van der Waals surface area contributed by atoms with Crippen molar-refractivity contribution in [2.75, 3.05) is 6.61 Å². The number of H-pyrrole nitrogens is 1. The highest BCUT2D eigenvalue weighted by atomic mass is 79.9. The van der Waals surface area contributed by atoms with Crippen molar-refractivity contribution in [3.63, 3.8) is 0 Å². The first-order valence-corrected chi connectivity index (χ1v) is 5.61. The zero-order chi connectivity index (χ0) is 11.7. The molecule has 0 bridgehead atoms. The van der Waals surface area contributed by atoms with E-state index in [2.05, 4.69) is 30.9 Å². The van der Waals surface area contributed by atoms with E-state index in [0.717, 1.165) is 4.47 Å². The van der Waals surface area contributed by atoms with Crippen molar-refractivity contribution in [2.45, 2.75) is 13.8 Å². The van der Waals surface area contributed by atoms with Gasteiger partial charge in [0.25, 0.3) is 0 Å². The van der Waals surface area contributed by atoms with Gasteiger partial charge in [0.15, 0.2) is 5.69 Å². The maximum absolute atomic E-state index is 11.7.